The maximum atomic E-state index is 6.69. The van der Waals surface area contributed by atoms with E-state index in [1.54, 1.807) is 0 Å². The van der Waals surface area contributed by atoms with E-state index in [2.05, 4.69) is 48.5 Å². The van der Waals surface area contributed by atoms with Crippen LogP contribution in [0.1, 0.15) is 16.7 Å². The summed E-state index contributed by atoms with van der Waals surface area (Å²) in [6, 6.07) is 30.9. The van der Waals surface area contributed by atoms with E-state index in [-0.39, 0.29) is 18.1 Å². The quantitative estimate of drug-likeness (QED) is 0.484. The van der Waals surface area contributed by atoms with E-state index >= 15 is 0 Å². The molecule has 3 aliphatic rings. The van der Waals surface area contributed by atoms with Gasteiger partial charge in [-0.25, -0.2) is 4.84 Å². The summed E-state index contributed by atoms with van der Waals surface area (Å²) >= 11 is 0. The molecule has 3 saturated heterocycles. The number of ether oxygens (including phenoxy) is 4. The minimum Gasteiger partial charge on any atom is -0.524 e. The van der Waals surface area contributed by atoms with Gasteiger partial charge in [0.1, 0.15) is 18.8 Å². The van der Waals surface area contributed by atoms with E-state index in [0.29, 0.717) is 33.0 Å². The lowest BCUT2D eigenvalue weighted by Crippen LogP contribution is -3.19. The maximum absolute atomic E-state index is 6.69. The zero-order valence-corrected chi connectivity index (χ0v) is 19.6. The van der Waals surface area contributed by atoms with Gasteiger partial charge >= 0.3 is 0 Å². The Morgan fingerprint density at radius 2 is 1.46 bits per heavy atom. The summed E-state index contributed by atoms with van der Waals surface area (Å²) in [5.74, 6) is 0.0751. The van der Waals surface area contributed by atoms with Gasteiger partial charge in [0, 0.05) is 5.56 Å². The monoisotopic (exact) mass is 473 g/mol. The van der Waals surface area contributed by atoms with Crippen LogP contribution in [0.3, 0.4) is 0 Å². The van der Waals surface area contributed by atoms with E-state index in [1.807, 2.05) is 49.1 Å². The molecule has 6 heteroatoms. The van der Waals surface area contributed by atoms with Crippen LogP contribution in [-0.4, -0.2) is 37.3 Å². The number of hydrogen-bond donors (Lipinski definition) is 1. The van der Waals surface area contributed by atoms with Crippen molar-refractivity contribution in [1.82, 2.24) is 0 Å². The molecule has 1 N–H and O–H groups in total. The topological polar surface area (TPSA) is 50.6 Å². The highest BCUT2D eigenvalue weighted by Crippen LogP contribution is 2.46. The van der Waals surface area contributed by atoms with Crippen molar-refractivity contribution in [2.75, 3.05) is 13.2 Å². The highest BCUT2D eigenvalue weighted by Gasteiger charge is 2.71. The number of rotatable bonds is 9. The summed E-state index contributed by atoms with van der Waals surface area (Å²) in [6.45, 7) is 4.60. The van der Waals surface area contributed by atoms with Gasteiger partial charge in [-0.05, 0) is 17.0 Å². The molecule has 0 bridgehead atoms. The number of nitrogens with one attached hydrogen (secondary N) is 1. The number of hydrogen-bond acceptors (Lipinski definition) is 5. The molecule has 3 aliphatic heterocycles. The largest absolute Gasteiger partial charge is 0.524 e. The van der Waals surface area contributed by atoms with Crippen molar-refractivity contribution in [2.45, 2.75) is 43.8 Å². The Morgan fingerprint density at radius 3 is 2.14 bits per heavy atom. The van der Waals surface area contributed by atoms with E-state index in [1.165, 1.54) is 5.56 Å². The first-order valence-corrected chi connectivity index (χ1v) is 12.3. The van der Waals surface area contributed by atoms with Crippen LogP contribution in [0.4, 0.5) is 0 Å². The average Bonchev–Trinajstić information content (AvgIpc) is 3.53. The Balaban J connectivity index is 1.25. The Bertz CT molecular complexity index is 1080. The van der Waals surface area contributed by atoms with Gasteiger partial charge in [0.05, 0.1) is 26.4 Å². The number of benzene rings is 3. The predicted molar refractivity (Wildman–Crippen MR) is 128 cm³/mol. The Labute approximate surface area is 206 Å². The van der Waals surface area contributed by atoms with Crippen molar-refractivity contribution in [3.63, 3.8) is 0 Å². The molecule has 182 valence electrons. The molecule has 0 saturated carbocycles. The van der Waals surface area contributed by atoms with E-state index in [0.717, 1.165) is 16.2 Å². The van der Waals surface area contributed by atoms with Gasteiger partial charge in [-0.1, -0.05) is 91.0 Å². The summed E-state index contributed by atoms with van der Waals surface area (Å²) in [7, 11) is 0. The fourth-order valence-corrected chi connectivity index (χ4v) is 5.57. The summed E-state index contributed by atoms with van der Waals surface area (Å²) in [5, 5.41) is 0.982. The molecule has 35 heavy (non-hydrogen) atoms. The lowest BCUT2D eigenvalue weighted by atomic mass is 9.81. The van der Waals surface area contributed by atoms with Gasteiger partial charge in [-0.15, -0.1) is 0 Å². The zero-order valence-electron chi connectivity index (χ0n) is 19.6. The SMILES string of the molecule is c1ccc(COC[C@H]2O[C@@H]3O[CH-][C@H]4CO[NH+](Cc5ccccc5)[C@@]34[C@H]2OCc2ccccc2)cc1. The first-order valence-electron chi connectivity index (χ1n) is 12.3. The third kappa shape index (κ3) is 4.42. The minimum atomic E-state index is -0.495. The van der Waals surface area contributed by atoms with Crippen LogP contribution in [0.2, 0.25) is 0 Å². The van der Waals surface area contributed by atoms with Crippen LogP contribution >= 0.6 is 0 Å². The van der Waals surface area contributed by atoms with E-state index < -0.39 is 11.8 Å². The van der Waals surface area contributed by atoms with E-state index in [9.17, 15) is 0 Å². The second-order valence-electron chi connectivity index (χ2n) is 9.43. The van der Waals surface area contributed by atoms with Crippen LogP contribution in [0.5, 0.6) is 0 Å². The molecule has 0 radical (unpaired) electrons. The molecule has 0 amide bonds. The number of hydroxylamine groups is 2. The highest BCUT2D eigenvalue weighted by molar-refractivity contribution is 5.18. The molecule has 3 aromatic carbocycles. The first-order chi connectivity index (χ1) is 17.3. The summed E-state index contributed by atoms with van der Waals surface area (Å²) in [4.78, 5) is 6.34. The second-order valence-corrected chi connectivity index (χ2v) is 9.43. The predicted octanol–water partition coefficient (Wildman–Crippen LogP) is 3.09. The average molecular weight is 474 g/mol. The number of quaternary nitrogens is 1. The second kappa shape index (κ2) is 10.2. The summed E-state index contributed by atoms with van der Waals surface area (Å²) < 4.78 is 25.4. The Morgan fingerprint density at radius 1 is 0.829 bits per heavy atom. The molecular weight excluding hydrogens is 442 g/mol. The molecule has 6 rings (SSSR count). The van der Waals surface area contributed by atoms with Gasteiger partial charge in [0.15, 0.2) is 11.8 Å². The molecule has 6 atom stereocenters. The third-order valence-electron chi connectivity index (χ3n) is 7.27. The maximum Gasteiger partial charge on any atom is 0.188 e. The molecule has 1 spiro atoms. The molecule has 1 unspecified atom stereocenters. The lowest BCUT2D eigenvalue weighted by molar-refractivity contribution is -1.13. The van der Waals surface area contributed by atoms with Crippen LogP contribution in [0.15, 0.2) is 91.0 Å². The van der Waals surface area contributed by atoms with Crippen LogP contribution in [0, 0.1) is 12.5 Å². The van der Waals surface area contributed by atoms with Gasteiger partial charge in [0.2, 0.25) is 0 Å². The van der Waals surface area contributed by atoms with Crippen molar-refractivity contribution in [3.05, 3.63) is 114 Å². The summed E-state index contributed by atoms with van der Waals surface area (Å²) in [6.07, 6.45) is -0.968. The van der Waals surface area contributed by atoms with Crippen LogP contribution < -0.4 is 5.06 Å². The molecular formula is C29H31NO5. The Kier molecular flexibility index (Phi) is 6.65. The fourth-order valence-electron chi connectivity index (χ4n) is 5.57. The van der Waals surface area contributed by atoms with Crippen molar-refractivity contribution in [1.29, 1.82) is 0 Å². The van der Waals surface area contributed by atoms with Crippen molar-refractivity contribution < 1.29 is 28.8 Å². The van der Waals surface area contributed by atoms with E-state index in [4.69, 9.17) is 23.8 Å². The smallest absolute Gasteiger partial charge is 0.188 e. The van der Waals surface area contributed by atoms with Gasteiger partial charge < -0.3 is 18.9 Å². The van der Waals surface area contributed by atoms with Crippen molar-refractivity contribution in [3.8, 4) is 0 Å². The van der Waals surface area contributed by atoms with Crippen molar-refractivity contribution >= 4 is 0 Å². The molecule has 0 aliphatic carbocycles. The standard InChI is InChI=1S/C29H30NO5/c1-4-10-22(11-5-1)16-30-29-25(20-34-30)19-33-28(29)35-26(21-31-17-23-12-6-2-7-13-23)27(29)32-18-24-14-8-3-9-15-24/h1-15,19,25-28H,16-18,20-21H2/q-1/p+1/t25-,26+,27-,28-,29-/m0/s1. The normalized spacial score (nSPS) is 31.4. The molecule has 3 fully saturated rings. The molecule has 6 nitrogen and oxygen atoms in total. The molecule has 3 aromatic rings. The lowest BCUT2D eigenvalue weighted by Gasteiger charge is -2.37. The minimum absolute atomic E-state index is 0.0751. The third-order valence-corrected chi connectivity index (χ3v) is 7.27. The highest BCUT2D eigenvalue weighted by atomic mass is 16.8. The summed E-state index contributed by atoms with van der Waals surface area (Å²) in [5.41, 5.74) is 2.97. The fraction of sp³-hybridized carbons (Fsp3) is 0.345. The van der Waals surface area contributed by atoms with Gasteiger partial charge in [-0.2, -0.15) is 11.7 Å². The molecule has 0 aromatic heterocycles. The van der Waals surface area contributed by atoms with Gasteiger partial charge in [-0.3, -0.25) is 0 Å². The van der Waals surface area contributed by atoms with Gasteiger partial charge in [0.25, 0.3) is 0 Å². The first kappa shape index (κ1) is 22.9. The van der Waals surface area contributed by atoms with Crippen LogP contribution in [-0.2, 0) is 43.5 Å². The van der Waals surface area contributed by atoms with Crippen molar-refractivity contribution in [2.24, 2.45) is 5.92 Å². The Hall–Kier alpha value is -2.58. The van der Waals surface area contributed by atoms with Crippen LogP contribution in [0.25, 0.3) is 0 Å². The zero-order chi connectivity index (χ0) is 23.5. The molecule has 3 heterocycles.